The molecule has 1 aromatic rings. The average Bonchev–Trinajstić information content (AvgIpc) is 2.99. The summed E-state index contributed by atoms with van der Waals surface area (Å²) in [7, 11) is -3.65. The molecule has 1 aliphatic carbocycles. The van der Waals surface area contributed by atoms with Crippen LogP contribution in [0.25, 0.3) is 0 Å². The van der Waals surface area contributed by atoms with Crippen molar-refractivity contribution in [1.29, 1.82) is 0 Å². The van der Waals surface area contributed by atoms with Gasteiger partial charge < -0.3 is 9.84 Å². The van der Waals surface area contributed by atoms with Crippen molar-refractivity contribution >= 4 is 21.9 Å². The van der Waals surface area contributed by atoms with E-state index in [4.69, 9.17) is 4.52 Å². The molecule has 3 N–H and O–H groups in total. The maximum atomic E-state index is 11.7. The van der Waals surface area contributed by atoms with Crippen LogP contribution in [0.1, 0.15) is 31.4 Å². The Labute approximate surface area is 117 Å². The Kier molecular flexibility index (Phi) is 4.73. The highest BCUT2D eigenvalue weighted by Crippen LogP contribution is 2.17. The van der Waals surface area contributed by atoms with Crippen molar-refractivity contribution in [2.75, 3.05) is 11.9 Å². The SMILES string of the molecule is Cc1cc(NC(=O)CNS(=O)(=O)NC2CCCC2)no1. The molecule has 20 heavy (non-hydrogen) atoms. The van der Waals surface area contributed by atoms with Crippen molar-refractivity contribution in [2.24, 2.45) is 0 Å². The van der Waals surface area contributed by atoms with Crippen LogP contribution >= 0.6 is 0 Å². The number of aryl methyl sites for hydroxylation is 1. The first-order chi connectivity index (χ1) is 9.44. The van der Waals surface area contributed by atoms with Crippen LogP contribution in [-0.4, -0.2) is 32.1 Å². The van der Waals surface area contributed by atoms with Gasteiger partial charge in [-0.15, -0.1) is 0 Å². The molecule has 1 amide bonds. The van der Waals surface area contributed by atoms with E-state index in [1.54, 1.807) is 13.0 Å². The lowest BCUT2D eigenvalue weighted by atomic mass is 10.3. The number of carbonyl (C=O) groups excluding carboxylic acids is 1. The molecule has 9 heteroatoms. The van der Waals surface area contributed by atoms with E-state index < -0.39 is 16.1 Å². The van der Waals surface area contributed by atoms with E-state index in [2.05, 4.69) is 19.9 Å². The van der Waals surface area contributed by atoms with Gasteiger partial charge in [0.1, 0.15) is 5.76 Å². The van der Waals surface area contributed by atoms with E-state index in [0.29, 0.717) is 5.76 Å². The first-order valence-corrected chi connectivity index (χ1v) is 7.93. The molecule has 112 valence electrons. The van der Waals surface area contributed by atoms with Gasteiger partial charge in [0.25, 0.3) is 10.2 Å². The van der Waals surface area contributed by atoms with E-state index in [9.17, 15) is 13.2 Å². The molecular formula is C11H18N4O4S. The molecule has 1 saturated carbocycles. The van der Waals surface area contributed by atoms with Gasteiger partial charge in [0.05, 0.1) is 6.54 Å². The molecule has 0 atom stereocenters. The lowest BCUT2D eigenvalue weighted by Gasteiger charge is -2.12. The zero-order valence-corrected chi connectivity index (χ0v) is 12.0. The Morgan fingerprint density at radius 3 is 2.75 bits per heavy atom. The van der Waals surface area contributed by atoms with Crippen LogP contribution in [0.15, 0.2) is 10.6 Å². The number of aromatic nitrogens is 1. The Morgan fingerprint density at radius 1 is 1.45 bits per heavy atom. The predicted octanol–water partition coefficient (Wildman–Crippen LogP) is 0.288. The van der Waals surface area contributed by atoms with Gasteiger partial charge in [-0.1, -0.05) is 18.0 Å². The van der Waals surface area contributed by atoms with Crippen molar-refractivity contribution in [3.63, 3.8) is 0 Å². The van der Waals surface area contributed by atoms with Crippen molar-refractivity contribution in [3.05, 3.63) is 11.8 Å². The van der Waals surface area contributed by atoms with Gasteiger partial charge in [0, 0.05) is 12.1 Å². The van der Waals surface area contributed by atoms with Gasteiger partial charge in [-0.3, -0.25) is 4.79 Å². The Balaban J connectivity index is 1.77. The number of carbonyl (C=O) groups is 1. The van der Waals surface area contributed by atoms with Gasteiger partial charge in [0.15, 0.2) is 5.82 Å². The van der Waals surface area contributed by atoms with Crippen LogP contribution in [0.2, 0.25) is 0 Å². The molecule has 0 aromatic carbocycles. The smallest absolute Gasteiger partial charge is 0.277 e. The summed E-state index contributed by atoms with van der Waals surface area (Å²) in [6.45, 7) is 1.34. The number of rotatable bonds is 6. The lowest BCUT2D eigenvalue weighted by Crippen LogP contribution is -2.44. The second-order valence-corrected chi connectivity index (χ2v) is 6.33. The van der Waals surface area contributed by atoms with Crippen molar-refractivity contribution in [2.45, 2.75) is 38.6 Å². The summed E-state index contributed by atoms with van der Waals surface area (Å²) in [5.41, 5.74) is 0. The Morgan fingerprint density at radius 2 is 2.15 bits per heavy atom. The minimum absolute atomic E-state index is 0.0336. The molecule has 1 aliphatic rings. The number of nitrogens with one attached hydrogen (secondary N) is 3. The van der Waals surface area contributed by atoms with Crippen LogP contribution < -0.4 is 14.8 Å². The maximum Gasteiger partial charge on any atom is 0.277 e. The van der Waals surface area contributed by atoms with E-state index in [1.165, 1.54) is 0 Å². The third kappa shape index (κ3) is 4.58. The number of amides is 1. The fourth-order valence-corrected chi connectivity index (χ4v) is 3.16. The topological polar surface area (TPSA) is 113 Å². The molecular weight excluding hydrogens is 284 g/mol. The number of anilines is 1. The first kappa shape index (κ1) is 14.9. The lowest BCUT2D eigenvalue weighted by molar-refractivity contribution is -0.115. The van der Waals surface area contributed by atoms with Gasteiger partial charge in [-0.2, -0.15) is 17.9 Å². The zero-order valence-electron chi connectivity index (χ0n) is 11.2. The molecule has 0 aliphatic heterocycles. The second-order valence-electron chi connectivity index (χ2n) is 4.79. The minimum Gasteiger partial charge on any atom is -0.360 e. The van der Waals surface area contributed by atoms with Crippen molar-refractivity contribution in [3.8, 4) is 0 Å². The van der Waals surface area contributed by atoms with E-state index in [0.717, 1.165) is 25.7 Å². The van der Waals surface area contributed by atoms with Gasteiger partial charge >= 0.3 is 0 Å². The second kappa shape index (κ2) is 6.33. The number of nitrogens with zero attached hydrogens (tertiary/aromatic N) is 1. The zero-order chi connectivity index (χ0) is 14.6. The molecule has 1 fully saturated rings. The molecule has 1 aromatic heterocycles. The van der Waals surface area contributed by atoms with Crippen molar-refractivity contribution in [1.82, 2.24) is 14.6 Å². The normalized spacial score (nSPS) is 16.4. The third-order valence-electron chi connectivity index (χ3n) is 3.00. The van der Waals surface area contributed by atoms with Crippen LogP contribution in [0, 0.1) is 6.92 Å². The molecule has 0 unspecified atom stereocenters. The van der Waals surface area contributed by atoms with Crippen LogP contribution in [0.4, 0.5) is 5.82 Å². The highest BCUT2D eigenvalue weighted by atomic mass is 32.2. The minimum atomic E-state index is -3.65. The molecule has 8 nitrogen and oxygen atoms in total. The summed E-state index contributed by atoms with van der Waals surface area (Å²) in [6.07, 6.45) is 3.73. The largest absolute Gasteiger partial charge is 0.360 e. The Bertz CT molecular complexity index is 563. The van der Waals surface area contributed by atoms with Gasteiger partial charge in [-0.05, 0) is 19.8 Å². The molecule has 2 rings (SSSR count). The van der Waals surface area contributed by atoms with Crippen LogP contribution in [0.5, 0.6) is 0 Å². The summed E-state index contributed by atoms with van der Waals surface area (Å²) < 4.78 is 32.9. The van der Waals surface area contributed by atoms with E-state index >= 15 is 0 Å². The summed E-state index contributed by atoms with van der Waals surface area (Å²) in [5.74, 6) is 0.314. The molecule has 0 bridgehead atoms. The Hall–Kier alpha value is -1.45. The monoisotopic (exact) mass is 302 g/mol. The summed E-state index contributed by atoms with van der Waals surface area (Å²) in [4.78, 5) is 11.6. The highest BCUT2D eigenvalue weighted by molar-refractivity contribution is 7.87. The van der Waals surface area contributed by atoms with E-state index in [1.807, 2.05) is 0 Å². The van der Waals surface area contributed by atoms with E-state index in [-0.39, 0.29) is 18.4 Å². The number of hydrogen-bond acceptors (Lipinski definition) is 5. The average molecular weight is 302 g/mol. The number of hydrogen-bond donors (Lipinski definition) is 3. The summed E-state index contributed by atoms with van der Waals surface area (Å²) in [6, 6.07) is 1.51. The quantitative estimate of drug-likeness (QED) is 0.699. The summed E-state index contributed by atoms with van der Waals surface area (Å²) in [5, 5.41) is 6.01. The molecule has 1 heterocycles. The maximum absolute atomic E-state index is 11.7. The third-order valence-corrected chi connectivity index (χ3v) is 4.16. The summed E-state index contributed by atoms with van der Waals surface area (Å²) >= 11 is 0. The first-order valence-electron chi connectivity index (χ1n) is 6.45. The fourth-order valence-electron chi connectivity index (χ4n) is 2.08. The fraction of sp³-hybridized carbons (Fsp3) is 0.636. The molecule has 0 saturated heterocycles. The van der Waals surface area contributed by atoms with Crippen LogP contribution in [0.3, 0.4) is 0 Å². The highest BCUT2D eigenvalue weighted by Gasteiger charge is 2.21. The van der Waals surface area contributed by atoms with Crippen LogP contribution in [-0.2, 0) is 15.0 Å². The van der Waals surface area contributed by atoms with Crippen molar-refractivity contribution < 1.29 is 17.7 Å². The molecule has 0 radical (unpaired) electrons. The van der Waals surface area contributed by atoms with Gasteiger partial charge in [0.2, 0.25) is 5.91 Å². The van der Waals surface area contributed by atoms with Gasteiger partial charge in [-0.25, -0.2) is 0 Å². The predicted molar refractivity (Wildman–Crippen MR) is 72.2 cm³/mol. The molecule has 0 spiro atoms. The standard InChI is InChI=1S/C11H18N4O4S/c1-8-6-10(14-19-8)13-11(16)7-12-20(17,18)15-9-4-2-3-5-9/h6,9,12,15H,2-5,7H2,1H3,(H,13,14,16).